The fraction of sp³-hybridized carbons (Fsp3) is 0.261. The van der Waals surface area contributed by atoms with Crippen LogP contribution in [0.2, 0.25) is 0 Å². The van der Waals surface area contributed by atoms with Gasteiger partial charge < -0.3 is 19.7 Å². The molecule has 7 heteroatoms. The number of aryl methyl sites for hydroxylation is 1. The van der Waals surface area contributed by atoms with Crippen LogP contribution in [0.5, 0.6) is 5.75 Å². The molecule has 0 saturated heterocycles. The fourth-order valence-electron chi connectivity index (χ4n) is 2.70. The van der Waals surface area contributed by atoms with Crippen molar-refractivity contribution >= 4 is 29.5 Å². The molecular weight excluding hydrogens is 384 g/mol. The minimum Gasteiger partial charge on any atom is -0.496 e. The zero-order chi connectivity index (χ0) is 21.9. The molecule has 0 aromatic heterocycles. The van der Waals surface area contributed by atoms with Crippen molar-refractivity contribution in [2.24, 2.45) is 0 Å². The molecule has 0 fully saturated rings. The minimum atomic E-state index is -0.663. The number of hydrogen-bond acceptors (Lipinski definition) is 5. The van der Waals surface area contributed by atoms with Gasteiger partial charge in [-0.15, -0.1) is 0 Å². The normalized spacial score (nSPS) is 10.5. The molecule has 2 aromatic carbocycles. The first kappa shape index (κ1) is 22.7. The molecule has 2 amide bonds. The molecule has 0 spiro atoms. The van der Waals surface area contributed by atoms with Crippen LogP contribution in [0.15, 0.2) is 54.6 Å². The van der Waals surface area contributed by atoms with Gasteiger partial charge in [0.15, 0.2) is 6.61 Å². The van der Waals surface area contributed by atoms with Gasteiger partial charge in [-0.1, -0.05) is 43.3 Å². The maximum Gasteiger partial charge on any atom is 0.331 e. The van der Waals surface area contributed by atoms with Crippen LogP contribution in [0, 0.1) is 0 Å². The van der Waals surface area contributed by atoms with E-state index >= 15 is 0 Å². The Morgan fingerprint density at radius 3 is 2.50 bits per heavy atom. The highest BCUT2D eigenvalue weighted by molar-refractivity contribution is 5.95. The molecule has 0 aliphatic heterocycles. The highest BCUT2D eigenvalue weighted by Crippen LogP contribution is 2.18. The highest BCUT2D eigenvalue weighted by atomic mass is 16.5. The van der Waals surface area contributed by atoms with Gasteiger partial charge in [-0.3, -0.25) is 9.59 Å². The summed E-state index contributed by atoms with van der Waals surface area (Å²) in [7, 11) is 3.02. The van der Waals surface area contributed by atoms with E-state index in [1.165, 1.54) is 25.1 Å². The van der Waals surface area contributed by atoms with Crippen LogP contribution < -0.4 is 10.1 Å². The zero-order valence-corrected chi connectivity index (χ0v) is 17.4. The molecule has 0 atom stereocenters. The number of hydrogen-bond donors (Lipinski definition) is 1. The van der Waals surface area contributed by atoms with Gasteiger partial charge in [0.05, 0.1) is 13.7 Å². The van der Waals surface area contributed by atoms with Gasteiger partial charge >= 0.3 is 5.97 Å². The van der Waals surface area contributed by atoms with E-state index in [1.807, 2.05) is 43.3 Å². The average molecular weight is 410 g/mol. The first-order valence-electron chi connectivity index (χ1n) is 9.54. The second-order valence-corrected chi connectivity index (χ2v) is 6.49. The van der Waals surface area contributed by atoms with Gasteiger partial charge in [0.1, 0.15) is 5.75 Å². The molecule has 30 heavy (non-hydrogen) atoms. The molecule has 1 N–H and O–H groups in total. The summed E-state index contributed by atoms with van der Waals surface area (Å²) in [5, 5.41) is 2.80. The lowest BCUT2D eigenvalue weighted by molar-refractivity contribution is -0.148. The number of para-hydroxylation sites is 2. The first-order chi connectivity index (χ1) is 14.4. The topological polar surface area (TPSA) is 84.9 Å². The number of nitrogens with zero attached hydrogens (tertiary/aromatic N) is 1. The fourth-order valence-corrected chi connectivity index (χ4v) is 2.70. The smallest absolute Gasteiger partial charge is 0.331 e. The molecule has 0 bridgehead atoms. The molecule has 0 aliphatic rings. The summed E-state index contributed by atoms with van der Waals surface area (Å²) in [6.07, 6.45) is 3.55. The van der Waals surface area contributed by atoms with Crippen molar-refractivity contribution in [3.8, 4) is 5.75 Å². The third-order valence-corrected chi connectivity index (χ3v) is 4.35. The van der Waals surface area contributed by atoms with Gasteiger partial charge in [-0.25, -0.2) is 4.79 Å². The van der Waals surface area contributed by atoms with E-state index in [9.17, 15) is 14.4 Å². The molecule has 2 rings (SSSR count). The van der Waals surface area contributed by atoms with E-state index in [0.29, 0.717) is 11.3 Å². The number of benzene rings is 2. The van der Waals surface area contributed by atoms with Crippen molar-refractivity contribution < 1.29 is 23.9 Å². The van der Waals surface area contributed by atoms with Crippen LogP contribution in [0.1, 0.15) is 18.1 Å². The van der Waals surface area contributed by atoms with Crippen molar-refractivity contribution in [1.82, 2.24) is 4.90 Å². The van der Waals surface area contributed by atoms with Gasteiger partial charge in [0.2, 0.25) is 5.91 Å². The molecule has 0 aliphatic carbocycles. The zero-order valence-electron chi connectivity index (χ0n) is 17.4. The Kier molecular flexibility index (Phi) is 8.62. The summed E-state index contributed by atoms with van der Waals surface area (Å²) in [4.78, 5) is 37.5. The second kappa shape index (κ2) is 11.4. The van der Waals surface area contributed by atoms with E-state index in [4.69, 9.17) is 9.47 Å². The number of likely N-dealkylation sites (N-methyl/N-ethyl adjacent to an activating group) is 1. The van der Waals surface area contributed by atoms with Crippen molar-refractivity contribution in [3.63, 3.8) is 0 Å². The van der Waals surface area contributed by atoms with Crippen LogP contribution in [-0.4, -0.2) is 50.0 Å². The number of methoxy groups -OCH3 is 1. The monoisotopic (exact) mass is 410 g/mol. The molecule has 0 saturated carbocycles. The van der Waals surface area contributed by atoms with Crippen molar-refractivity contribution in [2.75, 3.05) is 32.6 Å². The molecule has 0 unspecified atom stereocenters. The van der Waals surface area contributed by atoms with Crippen LogP contribution in [-0.2, 0) is 25.5 Å². The van der Waals surface area contributed by atoms with Crippen molar-refractivity contribution in [3.05, 3.63) is 65.7 Å². The molecular formula is C23H26N2O5. The third kappa shape index (κ3) is 6.77. The van der Waals surface area contributed by atoms with Gasteiger partial charge in [0.25, 0.3) is 5.91 Å². The van der Waals surface area contributed by atoms with Crippen molar-refractivity contribution in [1.29, 1.82) is 0 Å². The Labute approximate surface area is 176 Å². The standard InChI is InChI=1S/C23H26N2O5/c1-4-17-9-5-7-11-19(17)24-21(26)15-25(2)22(27)16-30-23(28)14-13-18-10-6-8-12-20(18)29-3/h5-14H,4,15-16H2,1-3H3,(H,24,26)/b14-13+. The van der Waals surface area contributed by atoms with Crippen LogP contribution >= 0.6 is 0 Å². The van der Waals surface area contributed by atoms with Gasteiger partial charge in [0, 0.05) is 24.4 Å². The van der Waals surface area contributed by atoms with Crippen LogP contribution in [0.25, 0.3) is 6.08 Å². The Morgan fingerprint density at radius 1 is 1.07 bits per heavy atom. The lowest BCUT2D eigenvalue weighted by atomic mass is 10.1. The SMILES string of the molecule is CCc1ccccc1NC(=O)CN(C)C(=O)COC(=O)/C=C/c1ccccc1OC. The predicted molar refractivity (Wildman–Crippen MR) is 115 cm³/mol. The van der Waals surface area contributed by atoms with Crippen LogP contribution in [0.3, 0.4) is 0 Å². The number of rotatable bonds is 9. The number of carbonyl (C=O) groups is 3. The minimum absolute atomic E-state index is 0.147. The van der Waals surface area contributed by atoms with E-state index in [0.717, 1.165) is 17.7 Å². The number of carbonyl (C=O) groups excluding carboxylic acids is 3. The van der Waals surface area contributed by atoms with E-state index in [-0.39, 0.29) is 12.5 Å². The Morgan fingerprint density at radius 2 is 1.77 bits per heavy atom. The second-order valence-electron chi connectivity index (χ2n) is 6.49. The Hall–Kier alpha value is -3.61. The van der Waals surface area contributed by atoms with Crippen LogP contribution in [0.4, 0.5) is 5.69 Å². The molecule has 7 nitrogen and oxygen atoms in total. The lowest BCUT2D eigenvalue weighted by Gasteiger charge is -2.17. The lowest BCUT2D eigenvalue weighted by Crippen LogP contribution is -2.37. The van der Waals surface area contributed by atoms with Gasteiger partial charge in [-0.05, 0) is 30.2 Å². The molecule has 158 valence electrons. The number of nitrogens with one attached hydrogen (secondary N) is 1. The summed E-state index contributed by atoms with van der Waals surface area (Å²) in [5.74, 6) is -0.848. The number of ether oxygens (including phenoxy) is 2. The first-order valence-corrected chi connectivity index (χ1v) is 9.54. The largest absolute Gasteiger partial charge is 0.496 e. The average Bonchev–Trinajstić information content (AvgIpc) is 2.76. The summed E-state index contributed by atoms with van der Waals surface area (Å²) in [6, 6.07) is 14.7. The Bertz CT molecular complexity index is 923. The Balaban J connectivity index is 1.81. The number of amides is 2. The summed E-state index contributed by atoms with van der Waals surface area (Å²) in [6.45, 7) is 1.40. The quantitative estimate of drug-likeness (QED) is 0.508. The molecule has 0 radical (unpaired) electrons. The summed E-state index contributed by atoms with van der Waals surface area (Å²) < 4.78 is 10.2. The van der Waals surface area contributed by atoms with Gasteiger partial charge in [-0.2, -0.15) is 0 Å². The summed E-state index contributed by atoms with van der Waals surface area (Å²) >= 11 is 0. The maximum atomic E-state index is 12.2. The molecule has 0 heterocycles. The molecule has 2 aromatic rings. The third-order valence-electron chi connectivity index (χ3n) is 4.35. The summed E-state index contributed by atoms with van der Waals surface area (Å²) in [5.41, 5.74) is 2.44. The van der Waals surface area contributed by atoms with E-state index in [1.54, 1.807) is 18.2 Å². The van der Waals surface area contributed by atoms with E-state index < -0.39 is 18.5 Å². The number of esters is 1. The van der Waals surface area contributed by atoms with Crippen molar-refractivity contribution in [2.45, 2.75) is 13.3 Å². The maximum absolute atomic E-state index is 12.2. The predicted octanol–water partition coefficient (Wildman–Crippen LogP) is 2.91. The highest BCUT2D eigenvalue weighted by Gasteiger charge is 2.15. The van der Waals surface area contributed by atoms with E-state index in [2.05, 4.69) is 5.32 Å². The number of anilines is 1.